The highest BCUT2D eigenvalue weighted by molar-refractivity contribution is 14.1. The van der Waals surface area contributed by atoms with Crippen LogP contribution in [-0.2, 0) is 0 Å². The van der Waals surface area contributed by atoms with E-state index >= 15 is 0 Å². The van der Waals surface area contributed by atoms with Crippen molar-refractivity contribution < 1.29 is 0 Å². The first-order valence-electron chi connectivity index (χ1n) is 5.52. The Balaban J connectivity index is 1.99. The number of nitrogens with one attached hydrogen (secondary N) is 1. The molecule has 0 amide bonds. The molecule has 0 spiro atoms. The molecule has 0 heterocycles. The standard InChI is InChI=1S/C12H17IN2/c13-11-6-1-2-7-12(11)15-10-5-3-4-9(14)8-10/h1-2,6-7,9-10,15H,3-5,8,14H2. The maximum Gasteiger partial charge on any atom is 0.0478 e. The van der Waals surface area contributed by atoms with Crippen LogP contribution in [0.3, 0.4) is 0 Å². The number of hydrogen-bond acceptors (Lipinski definition) is 2. The molecule has 3 N–H and O–H groups in total. The third kappa shape index (κ3) is 3.08. The highest BCUT2D eigenvalue weighted by Gasteiger charge is 2.19. The van der Waals surface area contributed by atoms with Crippen molar-refractivity contribution in [3.63, 3.8) is 0 Å². The van der Waals surface area contributed by atoms with Gasteiger partial charge in [-0.1, -0.05) is 12.1 Å². The molecule has 2 rings (SSSR count). The summed E-state index contributed by atoms with van der Waals surface area (Å²) in [6.07, 6.45) is 4.79. The predicted molar refractivity (Wildman–Crippen MR) is 73.0 cm³/mol. The quantitative estimate of drug-likeness (QED) is 0.823. The molecular weight excluding hydrogens is 299 g/mol. The molecule has 15 heavy (non-hydrogen) atoms. The van der Waals surface area contributed by atoms with Gasteiger partial charge in [-0.2, -0.15) is 0 Å². The van der Waals surface area contributed by atoms with E-state index in [1.807, 2.05) is 0 Å². The van der Waals surface area contributed by atoms with Crippen molar-refractivity contribution in [2.75, 3.05) is 5.32 Å². The van der Waals surface area contributed by atoms with Crippen molar-refractivity contribution in [2.24, 2.45) is 5.73 Å². The van der Waals surface area contributed by atoms with Gasteiger partial charge in [0.05, 0.1) is 0 Å². The minimum atomic E-state index is 0.387. The summed E-state index contributed by atoms with van der Waals surface area (Å²) in [7, 11) is 0. The van der Waals surface area contributed by atoms with E-state index in [0.29, 0.717) is 12.1 Å². The van der Waals surface area contributed by atoms with Gasteiger partial charge in [-0.05, 0) is 60.4 Å². The highest BCUT2D eigenvalue weighted by atomic mass is 127. The van der Waals surface area contributed by atoms with E-state index in [-0.39, 0.29) is 0 Å². The van der Waals surface area contributed by atoms with Crippen LogP contribution in [0.1, 0.15) is 25.7 Å². The van der Waals surface area contributed by atoms with Gasteiger partial charge in [0.15, 0.2) is 0 Å². The fraction of sp³-hybridized carbons (Fsp3) is 0.500. The van der Waals surface area contributed by atoms with Crippen LogP contribution in [0.15, 0.2) is 24.3 Å². The third-order valence-electron chi connectivity index (χ3n) is 2.95. The first kappa shape index (κ1) is 11.2. The fourth-order valence-electron chi connectivity index (χ4n) is 2.16. The van der Waals surface area contributed by atoms with Crippen LogP contribution in [-0.4, -0.2) is 12.1 Å². The molecule has 82 valence electrons. The average molecular weight is 316 g/mol. The molecule has 2 unspecified atom stereocenters. The number of rotatable bonds is 2. The summed E-state index contributed by atoms with van der Waals surface area (Å²) in [6.45, 7) is 0. The molecular formula is C12H17IN2. The summed E-state index contributed by atoms with van der Waals surface area (Å²) in [5.74, 6) is 0. The van der Waals surface area contributed by atoms with E-state index in [0.717, 1.165) is 6.42 Å². The SMILES string of the molecule is NC1CCCC(Nc2ccccc2I)C1. The van der Waals surface area contributed by atoms with Crippen molar-refractivity contribution in [1.29, 1.82) is 0 Å². The molecule has 0 aromatic heterocycles. The molecule has 1 aromatic rings. The molecule has 1 saturated carbocycles. The molecule has 1 aliphatic carbocycles. The van der Waals surface area contributed by atoms with Crippen molar-refractivity contribution in [3.05, 3.63) is 27.8 Å². The van der Waals surface area contributed by atoms with Gasteiger partial charge in [-0.25, -0.2) is 0 Å². The molecule has 0 saturated heterocycles. The first-order valence-corrected chi connectivity index (χ1v) is 6.60. The summed E-state index contributed by atoms with van der Waals surface area (Å²) in [6, 6.07) is 9.36. The van der Waals surface area contributed by atoms with Crippen LogP contribution in [0.5, 0.6) is 0 Å². The Morgan fingerprint density at radius 1 is 1.27 bits per heavy atom. The number of anilines is 1. The maximum absolute atomic E-state index is 5.97. The van der Waals surface area contributed by atoms with Gasteiger partial charge in [0, 0.05) is 21.3 Å². The lowest BCUT2D eigenvalue weighted by Crippen LogP contribution is -2.35. The molecule has 1 aromatic carbocycles. The topological polar surface area (TPSA) is 38.0 Å². The molecule has 3 heteroatoms. The predicted octanol–water partition coefficient (Wildman–Crippen LogP) is 2.97. The number of benzene rings is 1. The maximum atomic E-state index is 5.97. The second kappa shape index (κ2) is 5.16. The zero-order valence-electron chi connectivity index (χ0n) is 8.75. The van der Waals surface area contributed by atoms with Gasteiger partial charge >= 0.3 is 0 Å². The minimum absolute atomic E-state index is 0.387. The Hall–Kier alpha value is -0.290. The van der Waals surface area contributed by atoms with Crippen molar-refractivity contribution >= 4 is 28.3 Å². The van der Waals surface area contributed by atoms with Crippen LogP contribution in [0.25, 0.3) is 0 Å². The minimum Gasteiger partial charge on any atom is -0.381 e. The van der Waals surface area contributed by atoms with Gasteiger partial charge in [-0.15, -0.1) is 0 Å². The summed E-state index contributed by atoms with van der Waals surface area (Å²) < 4.78 is 1.29. The van der Waals surface area contributed by atoms with Crippen LogP contribution in [0.2, 0.25) is 0 Å². The smallest absolute Gasteiger partial charge is 0.0478 e. The van der Waals surface area contributed by atoms with E-state index in [2.05, 4.69) is 52.2 Å². The highest BCUT2D eigenvalue weighted by Crippen LogP contribution is 2.24. The molecule has 0 bridgehead atoms. The van der Waals surface area contributed by atoms with Crippen LogP contribution < -0.4 is 11.1 Å². The number of hydrogen-bond donors (Lipinski definition) is 2. The zero-order valence-corrected chi connectivity index (χ0v) is 10.9. The zero-order chi connectivity index (χ0) is 10.7. The molecule has 2 atom stereocenters. The lowest BCUT2D eigenvalue weighted by Gasteiger charge is -2.28. The second-order valence-electron chi connectivity index (χ2n) is 4.25. The second-order valence-corrected chi connectivity index (χ2v) is 5.41. The van der Waals surface area contributed by atoms with Crippen molar-refractivity contribution in [1.82, 2.24) is 0 Å². The van der Waals surface area contributed by atoms with E-state index in [4.69, 9.17) is 5.73 Å². The Labute approximate surface area is 105 Å². The summed E-state index contributed by atoms with van der Waals surface area (Å²) >= 11 is 2.37. The van der Waals surface area contributed by atoms with Crippen LogP contribution in [0, 0.1) is 3.57 Å². The molecule has 2 nitrogen and oxygen atoms in total. The molecule has 1 fully saturated rings. The summed E-state index contributed by atoms with van der Waals surface area (Å²) in [4.78, 5) is 0. The first-order chi connectivity index (χ1) is 7.25. The van der Waals surface area contributed by atoms with Gasteiger partial charge < -0.3 is 11.1 Å². The van der Waals surface area contributed by atoms with Gasteiger partial charge in [0.25, 0.3) is 0 Å². The van der Waals surface area contributed by atoms with Crippen LogP contribution >= 0.6 is 22.6 Å². The summed E-state index contributed by atoms with van der Waals surface area (Å²) in [5.41, 5.74) is 7.22. The number of para-hydroxylation sites is 1. The van der Waals surface area contributed by atoms with Gasteiger partial charge in [0.2, 0.25) is 0 Å². The van der Waals surface area contributed by atoms with Crippen molar-refractivity contribution in [3.8, 4) is 0 Å². The largest absolute Gasteiger partial charge is 0.381 e. The van der Waals surface area contributed by atoms with E-state index in [9.17, 15) is 0 Å². The Morgan fingerprint density at radius 2 is 2.07 bits per heavy atom. The van der Waals surface area contributed by atoms with Gasteiger partial charge in [0.1, 0.15) is 0 Å². The number of nitrogens with two attached hydrogens (primary N) is 1. The molecule has 0 aliphatic heterocycles. The lowest BCUT2D eigenvalue weighted by atomic mass is 9.91. The van der Waals surface area contributed by atoms with E-state index in [1.54, 1.807) is 0 Å². The van der Waals surface area contributed by atoms with E-state index < -0.39 is 0 Å². The normalized spacial score (nSPS) is 26.3. The van der Waals surface area contributed by atoms with Crippen LogP contribution in [0.4, 0.5) is 5.69 Å². The Morgan fingerprint density at radius 3 is 2.80 bits per heavy atom. The Kier molecular flexibility index (Phi) is 3.86. The fourth-order valence-corrected chi connectivity index (χ4v) is 2.70. The average Bonchev–Trinajstić information content (AvgIpc) is 2.22. The lowest BCUT2D eigenvalue weighted by molar-refractivity contribution is 0.409. The third-order valence-corrected chi connectivity index (χ3v) is 3.89. The monoisotopic (exact) mass is 316 g/mol. The number of halogens is 1. The van der Waals surface area contributed by atoms with Crippen molar-refractivity contribution in [2.45, 2.75) is 37.8 Å². The molecule has 1 aliphatic rings. The summed E-state index contributed by atoms with van der Waals surface area (Å²) in [5, 5.41) is 3.59. The Bertz CT molecular complexity index is 327. The molecule has 0 radical (unpaired) electrons. The van der Waals surface area contributed by atoms with Gasteiger partial charge in [-0.3, -0.25) is 0 Å². The van der Waals surface area contributed by atoms with E-state index in [1.165, 1.54) is 28.5 Å².